The van der Waals surface area contributed by atoms with E-state index in [1.165, 1.54) is 6.42 Å². The zero-order chi connectivity index (χ0) is 13.2. The number of nitrogens with one attached hydrogen (secondary N) is 1. The summed E-state index contributed by atoms with van der Waals surface area (Å²) in [7, 11) is 0. The largest absolute Gasteiger partial charge is 0.345 e. The van der Waals surface area contributed by atoms with Crippen LogP contribution in [0.25, 0.3) is 11.0 Å². The van der Waals surface area contributed by atoms with Crippen molar-refractivity contribution in [1.82, 2.24) is 14.9 Å². The zero-order valence-electron chi connectivity index (χ0n) is 11.2. The molecule has 1 aromatic carbocycles. The number of piperidine rings is 1. The van der Waals surface area contributed by atoms with E-state index in [1.54, 1.807) is 6.33 Å². The molecule has 0 aliphatic carbocycles. The SMILES string of the molecule is CC1CCCN(C(=O)Cc2ccc3nc[nH]c3c2)C1. The van der Waals surface area contributed by atoms with Crippen molar-refractivity contribution in [3.05, 3.63) is 30.1 Å². The van der Waals surface area contributed by atoms with Crippen LogP contribution in [0.2, 0.25) is 0 Å². The van der Waals surface area contributed by atoms with Crippen molar-refractivity contribution in [1.29, 1.82) is 0 Å². The Morgan fingerprint density at radius 3 is 3.26 bits per heavy atom. The Labute approximate surface area is 112 Å². The first-order valence-electron chi connectivity index (χ1n) is 6.92. The molecule has 4 nitrogen and oxygen atoms in total. The van der Waals surface area contributed by atoms with Crippen LogP contribution in [0.5, 0.6) is 0 Å². The highest BCUT2D eigenvalue weighted by atomic mass is 16.2. The van der Waals surface area contributed by atoms with Crippen LogP contribution in [0.3, 0.4) is 0 Å². The average molecular weight is 257 g/mol. The number of carbonyl (C=O) groups excluding carboxylic acids is 1. The van der Waals surface area contributed by atoms with E-state index in [1.807, 2.05) is 23.1 Å². The second kappa shape index (κ2) is 5.03. The van der Waals surface area contributed by atoms with Crippen molar-refractivity contribution in [2.24, 2.45) is 5.92 Å². The van der Waals surface area contributed by atoms with Crippen LogP contribution in [0, 0.1) is 5.92 Å². The van der Waals surface area contributed by atoms with Gasteiger partial charge in [0.25, 0.3) is 0 Å². The molecule has 1 aromatic heterocycles. The van der Waals surface area contributed by atoms with Crippen LogP contribution >= 0.6 is 0 Å². The fourth-order valence-corrected chi connectivity index (χ4v) is 2.80. The lowest BCUT2D eigenvalue weighted by molar-refractivity contribution is -0.132. The van der Waals surface area contributed by atoms with Crippen LogP contribution in [0.4, 0.5) is 0 Å². The third-order valence-electron chi connectivity index (χ3n) is 3.85. The molecule has 0 spiro atoms. The summed E-state index contributed by atoms with van der Waals surface area (Å²) in [5, 5.41) is 0. The Balaban J connectivity index is 1.71. The fourth-order valence-electron chi connectivity index (χ4n) is 2.80. The maximum atomic E-state index is 12.3. The molecule has 100 valence electrons. The van der Waals surface area contributed by atoms with E-state index in [2.05, 4.69) is 16.9 Å². The summed E-state index contributed by atoms with van der Waals surface area (Å²) in [6.45, 7) is 4.04. The molecule has 19 heavy (non-hydrogen) atoms. The number of likely N-dealkylation sites (tertiary alicyclic amines) is 1. The number of carbonyl (C=O) groups is 1. The number of hydrogen-bond acceptors (Lipinski definition) is 2. The van der Waals surface area contributed by atoms with Crippen molar-refractivity contribution in [3.63, 3.8) is 0 Å². The molecule has 1 amide bonds. The predicted molar refractivity (Wildman–Crippen MR) is 74.8 cm³/mol. The third-order valence-corrected chi connectivity index (χ3v) is 3.85. The second-order valence-electron chi connectivity index (χ2n) is 5.52. The number of nitrogens with zero attached hydrogens (tertiary/aromatic N) is 2. The van der Waals surface area contributed by atoms with Crippen molar-refractivity contribution < 1.29 is 4.79 Å². The zero-order valence-corrected chi connectivity index (χ0v) is 11.2. The second-order valence-corrected chi connectivity index (χ2v) is 5.52. The third kappa shape index (κ3) is 2.62. The lowest BCUT2D eigenvalue weighted by Gasteiger charge is -2.31. The first kappa shape index (κ1) is 12.2. The van der Waals surface area contributed by atoms with Crippen LogP contribution in [-0.2, 0) is 11.2 Å². The Bertz CT molecular complexity index is 590. The van der Waals surface area contributed by atoms with Gasteiger partial charge in [-0.1, -0.05) is 13.0 Å². The smallest absolute Gasteiger partial charge is 0.226 e. The number of hydrogen-bond donors (Lipinski definition) is 1. The van der Waals surface area contributed by atoms with Gasteiger partial charge in [-0.15, -0.1) is 0 Å². The number of aromatic nitrogens is 2. The Kier molecular flexibility index (Phi) is 3.23. The van der Waals surface area contributed by atoms with E-state index in [0.29, 0.717) is 12.3 Å². The van der Waals surface area contributed by atoms with E-state index < -0.39 is 0 Å². The summed E-state index contributed by atoms with van der Waals surface area (Å²) in [6, 6.07) is 5.98. The van der Waals surface area contributed by atoms with Crippen LogP contribution in [-0.4, -0.2) is 33.9 Å². The van der Waals surface area contributed by atoms with Crippen LogP contribution in [0.1, 0.15) is 25.3 Å². The molecule has 0 radical (unpaired) electrons. The topological polar surface area (TPSA) is 49.0 Å². The summed E-state index contributed by atoms with van der Waals surface area (Å²) < 4.78 is 0. The minimum Gasteiger partial charge on any atom is -0.345 e. The molecule has 0 bridgehead atoms. The van der Waals surface area contributed by atoms with Gasteiger partial charge in [-0.05, 0) is 36.5 Å². The van der Waals surface area contributed by atoms with Crippen molar-refractivity contribution in [2.75, 3.05) is 13.1 Å². The van der Waals surface area contributed by atoms with E-state index >= 15 is 0 Å². The maximum Gasteiger partial charge on any atom is 0.226 e. The highest BCUT2D eigenvalue weighted by Gasteiger charge is 2.20. The molecule has 1 N–H and O–H groups in total. The molecule has 3 rings (SSSR count). The molecule has 1 unspecified atom stereocenters. The van der Waals surface area contributed by atoms with Crippen molar-refractivity contribution in [2.45, 2.75) is 26.2 Å². The van der Waals surface area contributed by atoms with Gasteiger partial charge < -0.3 is 9.88 Å². The van der Waals surface area contributed by atoms with E-state index in [4.69, 9.17) is 0 Å². The first-order chi connectivity index (χ1) is 9.22. The Morgan fingerprint density at radius 2 is 2.42 bits per heavy atom. The van der Waals surface area contributed by atoms with Gasteiger partial charge in [0.15, 0.2) is 0 Å². The van der Waals surface area contributed by atoms with Gasteiger partial charge in [0, 0.05) is 13.1 Å². The lowest BCUT2D eigenvalue weighted by Crippen LogP contribution is -2.39. The minimum atomic E-state index is 0.241. The van der Waals surface area contributed by atoms with E-state index in [0.717, 1.165) is 36.1 Å². The monoisotopic (exact) mass is 257 g/mol. The highest BCUT2D eigenvalue weighted by Crippen LogP contribution is 2.17. The van der Waals surface area contributed by atoms with Crippen molar-refractivity contribution in [3.8, 4) is 0 Å². The van der Waals surface area contributed by atoms with Crippen molar-refractivity contribution >= 4 is 16.9 Å². The number of imidazole rings is 1. The van der Waals surface area contributed by atoms with Crippen LogP contribution < -0.4 is 0 Å². The van der Waals surface area contributed by atoms with Gasteiger partial charge in [0.1, 0.15) is 0 Å². The van der Waals surface area contributed by atoms with Crippen LogP contribution in [0.15, 0.2) is 24.5 Å². The van der Waals surface area contributed by atoms with Gasteiger partial charge in [-0.25, -0.2) is 4.98 Å². The fraction of sp³-hybridized carbons (Fsp3) is 0.467. The Hall–Kier alpha value is -1.84. The number of rotatable bonds is 2. The molecule has 1 aliphatic heterocycles. The summed E-state index contributed by atoms with van der Waals surface area (Å²) in [6.07, 6.45) is 4.54. The van der Waals surface area contributed by atoms with Gasteiger partial charge in [-0.3, -0.25) is 4.79 Å². The van der Waals surface area contributed by atoms with Gasteiger partial charge >= 0.3 is 0 Å². The van der Waals surface area contributed by atoms with Gasteiger partial charge in [-0.2, -0.15) is 0 Å². The highest BCUT2D eigenvalue weighted by molar-refractivity contribution is 5.81. The van der Waals surface area contributed by atoms with E-state index in [-0.39, 0.29) is 5.91 Å². The molecule has 2 aromatic rings. The Morgan fingerprint density at radius 1 is 1.53 bits per heavy atom. The number of aromatic amines is 1. The number of benzene rings is 1. The average Bonchev–Trinajstić information content (AvgIpc) is 2.86. The van der Waals surface area contributed by atoms with E-state index in [9.17, 15) is 4.79 Å². The molecular weight excluding hydrogens is 238 g/mol. The predicted octanol–water partition coefficient (Wildman–Crippen LogP) is 2.36. The number of fused-ring (bicyclic) bond motifs is 1. The normalized spacial score (nSPS) is 19.8. The molecule has 4 heteroatoms. The van der Waals surface area contributed by atoms with Gasteiger partial charge in [0.05, 0.1) is 23.8 Å². The van der Waals surface area contributed by atoms with Gasteiger partial charge in [0.2, 0.25) is 5.91 Å². The lowest BCUT2D eigenvalue weighted by atomic mass is 9.99. The molecular formula is C15H19N3O. The molecule has 1 saturated heterocycles. The molecule has 1 atom stereocenters. The summed E-state index contributed by atoms with van der Waals surface area (Å²) >= 11 is 0. The summed E-state index contributed by atoms with van der Waals surface area (Å²) in [5.74, 6) is 0.873. The molecule has 2 heterocycles. The summed E-state index contributed by atoms with van der Waals surface area (Å²) in [5.41, 5.74) is 3.00. The number of H-pyrrole nitrogens is 1. The number of amides is 1. The standard InChI is InChI=1S/C15H19N3O/c1-11-3-2-6-18(9-11)15(19)8-12-4-5-13-14(7-12)17-10-16-13/h4-5,7,10-11H,2-3,6,8-9H2,1H3,(H,16,17). The minimum absolute atomic E-state index is 0.241. The first-order valence-corrected chi connectivity index (χ1v) is 6.92. The molecule has 1 fully saturated rings. The summed E-state index contributed by atoms with van der Waals surface area (Å²) in [4.78, 5) is 21.6. The molecule has 1 aliphatic rings. The quantitative estimate of drug-likeness (QED) is 0.898. The molecule has 0 saturated carbocycles. The maximum absolute atomic E-state index is 12.3.